The van der Waals surface area contributed by atoms with E-state index in [1.165, 1.54) is 22.1 Å². The van der Waals surface area contributed by atoms with Gasteiger partial charge in [0.25, 0.3) is 0 Å². The fourth-order valence-corrected chi connectivity index (χ4v) is 10.00. The van der Waals surface area contributed by atoms with E-state index in [0.717, 1.165) is 105 Å². The van der Waals surface area contributed by atoms with Crippen LogP contribution in [0.15, 0.2) is 233 Å². The highest BCUT2D eigenvalue weighted by molar-refractivity contribution is 6.17. The maximum Gasteiger partial charge on any atom is 0.143 e. The van der Waals surface area contributed by atoms with Gasteiger partial charge in [-0.3, -0.25) is 0 Å². The van der Waals surface area contributed by atoms with Crippen molar-refractivity contribution < 1.29 is 8.83 Å². The van der Waals surface area contributed by atoms with E-state index in [1.807, 2.05) is 12.1 Å². The smallest absolute Gasteiger partial charge is 0.143 e. The molecule has 10 aromatic carbocycles. The Morgan fingerprint density at radius 2 is 0.762 bits per heavy atom. The number of hydrogen-bond donors (Lipinski definition) is 0. The van der Waals surface area contributed by atoms with Crippen LogP contribution in [0.4, 0.5) is 0 Å². The normalized spacial score (nSPS) is 11.8. The van der Waals surface area contributed by atoms with Crippen LogP contribution in [0, 0.1) is 0 Å². The van der Waals surface area contributed by atoms with Gasteiger partial charge in [-0.2, -0.15) is 0 Å². The molecule has 3 nitrogen and oxygen atoms in total. The highest BCUT2D eigenvalue weighted by atomic mass is 16.3. The molecule has 294 valence electrons. The fourth-order valence-electron chi connectivity index (χ4n) is 10.00. The Labute approximate surface area is 363 Å². The van der Waals surface area contributed by atoms with Crippen LogP contribution < -0.4 is 0 Å². The van der Waals surface area contributed by atoms with E-state index in [1.54, 1.807) is 0 Å². The van der Waals surface area contributed by atoms with E-state index < -0.39 is 0 Å². The van der Waals surface area contributed by atoms with Crippen LogP contribution in [0.5, 0.6) is 0 Å². The minimum absolute atomic E-state index is 0.884. The molecule has 3 heterocycles. The topological polar surface area (TPSA) is 31.2 Å². The Hall–Kier alpha value is -8.40. The van der Waals surface area contributed by atoms with Crippen molar-refractivity contribution in [1.82, 2.24) is 4.57 Å². The Morgan fingerprint density at radius 3 is 1.46 bits per heavy atom. The second-order valence-electron chi connectivity index (χ2n) is 16.3. The van der Waals surface area contributed by atoms with E-state index in [-0.39, 0.29) is 0 Å². The second-order valence-corrected chi connectivity index (χ2v) is 16.3. The van der Waals surface area contributed by atoms with Gasteiger partial charge in [0.2, 0.25) is 0 Å². The van der Waals surface area contributed by atoms with Gasteiger partial charge in [0.05, 0.1) is 16.7 Å². The van der Waals surface area contributed by atoms with Crippen LogP contribution in [0.2, 0.25) is 0 Å². The Bertz CT molecular complexity index is 3900. The first-order chi connectivity index (χ1) is 31.3. The summed E-state index contributed by atoms with van der Waals surface area (Å²) in [7, 11) is 0. The highest BCUT2D eigenvalue weighted by Gasteiger charge is 2.23. The van der Waals surface area contributed by atoms with Crippen LogP contribution in [0.25, 0.3) is 127 Å². The predicted octanol–water partition coefficient (Wildman–Crippen LogP) is 16.9. The average molecular weight is 804 g/mol. The number of para-hydroxylation sites is 4. The molecule has 3 heteroatoms. The molecule has 3 aromatic heterocycles. The zero-order chi connectivity index (χ0) is 41.4. The fraction of sp³-hybridized carbons (Fsp3) is 0. The maximum absolute atomic E-state index is 6.81. The van der Waals surface area contributed by atoms with Crippen molar-refractivity contribution >= 4 is 65.7 Å². The Balaban J connectivity index is 1.11. The molecule has 0 aliphatic heterocycles. The van der Waals surface area contributed by atoms with E-state index >= 15 is 0 Å². The highest BCUT2D eigenvalue weighted by Crippen LogP contribution is 2.46. The van der Waals surface area contributed by atoms with Crippen LogP contribution in [-0.4, -0.2) is 4.57 Å². The van der Waals surface area contributed by atoms with Gasteiger partial charge in [-0.15, -0.1) is 0 Å². The third kappa shape index (κ3) is 5.53. The molecule has 0 fully saturated rings. The number of furan rings is 2. The standard InChI is InChI=1S/C60H37NO2/c1-3-16-38(17-4-1)42-20-7-8-21-43(42)40-30-34-54-51(36-40)52-37-41(58-44(39-18-5-2-6-19-39)32-33-50-47-24-11-14-29-57(47)63-60(50)58)31-35-55(52)61(54)53-27-12-9-22-45(53)48-25-15-26-49-46-23-10-13-28-56(46)62-59(48)49/h1-37H. The first-order valence-corrected chi connectivity index (χ1v) is 21.5. The van der Waals surface area contributed by atoms with E-state index in [4.69, 9.17) is 8.83 Å². The average Bonchev–Trinajstić information content (AvgIpc) is 4.03. The van der Waals surface area contributed by atoms with Crippen LogP contribution >= 0.6 is 0 Å². The summed E-state index contributed by atoms with van der Waals surface area (Å²) in [5, 5.41) is 6.78. The molecule has 0 saturated carbocycles. The summed E-state index contributed by atoms with van der Waals surface area (Å²) in [6, 6.07) is 80.4. The van der Waals surface area contributed by atoms with E-state index in [2.05, 4.69) is 217 Å². The quantitative estimate of drug-likeness (QED) is 0.168. The number of rotatable bonds is 6. The van der Waals surface area contributed by atoms with Crippen LogP contribution in [-0.2, 0) is 0 Å². The summed E-state index contributed by atoms with van der Waals surface area (Å²) in [5.41, 5.74) is 18.2. The molecule has 0 amide bonds. The molecule has 63 heavy (non-hydrogen) atoms. The van der Waals surface area contributed by atoms with Crippen molar-refractivity contribution in [3.63, 3.8) is 0 Å². The van der Waals surface area contributed by atoms with Gasteiger partial charge in [0, 0.05) is 49.0 Å². The molecule has 0 spiro atoms. The second kappa shape index (κ2) is 14.1. The molecule has 13 rings (SSSR count). The van der Waals surface area contributed by atoms with Crippen molar-refractivity contribution in [2.24, 2.45) is 0 Å². The van der Waals surface area contributed by atoms with Crippen molar-refractivity contribution in [3.05, 3.63) is 224 Å². The Kier molecular flexibility index (Phi) is 7.91. The third-order valence-electron chi connectivity index (χ3n) is 12.8. The summed E-state index contributed by atoms with van der Waals surface area (Å²) in [6.45, 7) is 0. The SMILES string of the molecule is c1ccc(-c2ccccc2-c2ccc3c(c2)c2cc(-c4c(-c5ccccc5)ccc5c4oc4ccccc45)ccc2n3-c2ccccc2-c2cccc3c2oc2ccccc23)cc1. The van der Waals surface area contributed by atoms with Crippen molar-refractivity contribution in [1.29, 1.82) is 0 Å². The molecule has 0 unspecified atom stereocenters. The summed E-state index contributed by atoms with van der Waals surface area (Å²) in [4.78, 5) is 0. The molecular weight excluding hydrogens is 767 g/mol. The molecule has 0 saturated heterocycles. The lowest BCUT2D eigenvalue weighted by molar-refractivity contribution is 0.669. The minimum atomic E-state index is 0.884. The molecule has 13 aromatic rings. The summed E-state index contributed by atoms with van der Waals surface area (Å²) in [5.74, 6) is 0. The summed E-state index contributed by atoms with van der Waals surface area (Å²) in [6.07, 6.45) is 0. The maximum atomic E-state index is 6.81. The predicted molar refractivity (Wildman–Crippen MR) is 263 cm³/mol. The lowest BCUT2D eigenvalue weighted by atomic mass is 9.91. The first-order valence-electron chi connectivity index (χ1n) is 21.5. The van der Waals surface area contributed by atoms with Gasteiger partial charge in [0.1, 0.15) is 22.3 Å². The molecule has 0 bridgehead atoms. The number of fused-ring (bicyclic) bond motifs is 9. The van der Waals surface area contributed by atoms with Gasteiger partial charge in [-0.05, 0) is 87.5 Å². The van der Waals surface area contributed by atoms with Gasteiger partial charge in [0.15, 0.2) is 0 Å². The van der Waals surface area contributed by atoms with Gasteiger partial charge >= 0.3 is 0 Å². The third-order valence-corrected chi connectivity index (χ3v) is 12.8. The monoisotopic (exact) mass is 803 g/mol. The molecule has 0 aliphatic carbocycles. The summed E-state index contributed by atoms with van der Waals surface area (Å²) >= 11 is 0. The van der Waals surface area contributed by atoms with Crippen molar-refractivity contribution in [2.45, 2.75) is 0 Å². The number of benzene rings is 10. The molecule has 0 aliphatic rings. The number of aromatic nitrogens is 1. The molecular formula is C60H37NO2. The number of hydrogen-bond acceptors (Lipinski definition) is 2. The minimum Gasteiger partial charge on any atom is -0.455 e. The largest absolute Gasteiger partial charge is 0.455 e. The van der Waals surface area contributed by atoms with Crippen LogP contribution in [0.3, 0.4) is 0 Å². The van der Waals surface area contributed by atoms with Crippen LogP contribution in [0.1, 0.15) is 0 Å². The summed E-state index contributed by atoms with van der Waals surface area (Å²) < 4.78 is 15.9. The van der Waals surface area contributed by atoms with Crippen molar-refractivity contribution in [3.8, 4) is 61.3 Å². The lowest BCUT2D eigenvalue weighted by Gasteiger charge is -2.15. The van der Waals surface area contributed by atoms with Crippen molar-refractivity contribution in [2.75, 3.05) is 0 Å². The zero-order valence-corrected chi connectivity index (χ0v) is 34.1. The van der Waals surface area contributed by atoms with E-state index in [0.29, 0.717) is 0 Å². The lowest BCUT2D eigenvalue weighted by Crippen LogP contribution is -1.97. The zero-order valence-electron chi connectivity index (χ0n) is 34.1. The first kappa shape index (κ1) is 35.4. The molecule has 0 radical (unpaired) electrons. The Morgan fingerprint density at radius 1 is 0.270 bits per heavy atom. The number of nitrogens with zero attached hydrogens (tertiary/aromatic N) is 1. The van der Waals surface area contributed by atoms with Gasteiger partial charge in [-0.25, -0.2) is 0 Å². The molecule has 0 atom stereocenters. The van der Waals surface area contributed by atoms with Gasteiger partial charge in [-0.1, -0.05) is 176 Å². The molecule has 0 N–H and O–H groups in total. The van der Waals surface area contributed by atoms with E-state index in [9.17, 15) is 0 Å². The van der Waals surface area contributed by atoms with Gasteiger partial charge < -0.3 is 13.4 Å².